The molecule has 3 atom stereocenters. The van der Waals surface area contributed by atoms with Crippen LogP contribution in [-0.4, -0.2) is 54.4 Å². The van der Waals surface area contributed by atoms with Gasteiger partial charge in [-0.2, -0.15) is 0 Å². The third-order valence-corrected chi connectivity index (χ3v) is 7.06. The number of carbonyl (C=O) groups excluding carboxylic acids is 1. The van der Waals surface area contributed by atoms with Crippen molar-refractivity contribution in [2.24, 2.45) is 0 Å². The van der Waals surface area contributed by atoms with Gasteiger partial charge < -0.3 is 29.4 Å². The van der Waals surface area contributed by atoms with Gasteiger partial charge in [0.2, 0.25) is 0 Å². The number of likely N-dealkylation sites (N-methyl/N-ethyl adjacent to an activating group) is 1. The molecule has 2 aliphatic rings. The minimum atomic E-state index is -1.03. The molecule has 2 N–H and O–H groups in total. The molecule has 8 nitrogen and oxygen atoms in total. The van der Waals surface area contributed by atoms with Crippen LogP contribution >= 0.6 is 11.6 Å². The summed E-state index contributed by atoms with van der Waals surface area (Å²) < 4.78 is 18.5. The summed E-state index contributed by atoms with van der Waals surface area (Å²) in [6.45, 7) is 8.01. The maximum absolute atomic E-state index is 13.0. The Labute approximate surface area is 204 Å². The zero-order chi connectivity index (χ0) is 24.8. The van der Waals surface area contributed by atoms with Crippen molar-refractivity contribution >= 4 is 17.5 Å². The fourth-order valence-corrected chi connectivity index (χ4v) is 4.87. The second kappa shape index (κ2) is 9.24. The van der Waals surface area contributed by atoms with E-state index in [4.69, 9.17) is 25.8 Å². The van der Waals surface area contributed by atoms with Crippen LogP contribution in [-0.2, 0) is 11.3 Å². The fourth-order valence-electron chi connectivity index (χ4n) is 4.64. The van der Waals surface area contributed by atoms with Gasteiger partial charge in [0.25, 0.3) is 17.3 Å². The number of fused-ring (bicyclic) bond motifs is 1. The van der Waals surface area contributed by atoms with E-state index in [1.807, 2.05) is 40.9 Å². The van der Waals surface area contributed by atoms with Crippen LogP contribution in [0.25, 0.3) is 0 Å². The van der Waals surface area contributed by atoms with Gasteiger partial charge in [-0.15, -0.1) is 0 Å². The van der Waals surface area contributed by atoms with Crippen LogP contribution < -0.4 is 20.3 Å². The van der Waals surface area contributed by atoms with E-state index in [1.165, 1.54) is 0 Å². The molecule has 0 bridgehead atoms. The monoisotopic (exact) mass is 489 g/mol. The number of rotatable bonds is 5. The summed E-state index contributed by atoms with van der Waals surface area (Å²) >= 11 is 6.52. The van der Waals surface area contributed by atoms with Gasteiger partial charge in [-0.05, 0) is 65.4 Å². The molecule has 4 rings (SSSR count). The minimum Gasteiger partial charge on any atom is -0.446 e. The van der Waals surface area contributed by atoms with Gasteiger partial charge in [0, 0.05) is 41.9 Å². The first-order valence-electron chi connectivity index (χ1n) is 11.5. The van der Waals surface area contributed by atoms with Crippen molar-refractivity contribution in [1.29, 1.82) is 0 Å². The molecule has 3 heterocycles. The number of H-pyrrole nitrogens is 1. The molecular formula is C25H32ClN3O5. The highest BCUT2D eigenvalue weighted by Gasteiger charge is 2.48. The SMILES string of the molecule is Cc1cc(C)c(CNC(=O)c2cc(Cl)c3c(c2C)OC(C)([C@@H]2CC[C@@H](N(C)C)CO2)O3)c(=O)[nH]1. The Kier molecular flexibility index (Phi) is 6.68. The van der Waals surface area contributed by atoms with Crippen molar-refractivity contribution in [3.8, 4) is 11.5 Å². The molecule has 0 aliphatic carbocycles. The molecule has 1 aromatic carbocycles. The van der Waals surface area contributed by atoms with Gasteiger partial charge in [-0.25, -0.2) is 0 Å². The van der Waals surface area contributed by atoms with Crippen LogP contribution in [0.4, 0.5) is 0 Å². The first-order valence-corrected chi connectivity index (χ1v) is 11.8. The summed E-state index contributed by atoms with van der Waals surface area (Å²) in [5.41, 5.74) is 2.90. The van der Waals surface area contributed by atoms with Gasteiger partial charge in [0.05, 0.1) is 11.6 Å². The Bertz CT molecular complexity index is 1170. The number of ether oxygens (including phenoxy) is 3. The number of amides is 1. The molecule has 0 radical (unpaired) electrons. The first kappa shape index (κ1) is 24.6. The highest BCUT2D eigenvalue weighted by atomic mass is 35.5. The van der Waals surface area contributed by atoms with Crippen LogP contribution in [0.1, 0.15) is 52.5 Å². The Morgan fingerprint density at radius 3 is 2.53 bits per heavy atom. The maximum atomic E-state index is 13.0. The van der Waals surface area contributed by atoms with E-state index < -0.39 is 5.79 Å². The number of nitrogens with zero attached hydrogens (tertiary/aromatic N) is 1. The fraction of sp³-hybridized carbons (Fsp3) is 0.520. The van der Waals surface area contributed by atoms with Crippen LogP contribution in [0.3, 0.4) is 0 Å². The lowest BCUT2D eigenvalue weighted by molar-refractivity contribution is -0.190. The smallest absolute Gasteiger partial charge is 0.274 e. The largest absolute Gasteiger partial charge is 0.446 e. The van der Waals surface area contributed by atoms with E-state index >= 15 is 0 Å². The molecule has 1 aromatic heterocycles. The molecule has 184 valence electrons. The zero-order valence-electron chi connectivity index (χ0n) is 20.5. The highest BCUT2D eigenvalue weighted by Crippen LogP contribution is 2.49. The summed E-state index contributed by atoms with van der Waals surface area (Å²) in [4.78, 5) is 30.2. The normalized spacial score (nSPS) is 23.9. The zero-order valence-corrected chi connectivity index (χ0v) is 21.3. The third-order valence-electron chi connectivity index (χ3n) is 6.78. The number of aromatic nitrogens is 1. The van der Waals surface area contributed by atoms with E-state index in [-0.39, 0.29) is 24.1 Å². The summed E-state index contributed by atoms with van der Waals surface area (Å²) in [5, 5.41) is 3.12. The van der Waals surface area contributed by atoms with E-state index in [1.54, 1.807) is 13.0 Å². The van der Waals surface area contributed by atoms with Gasteiger partial charge in [-0.1, -0.05) is 11.6 Å². The van der Waals surface area contributed by atoms with Gasteiger partial charge in [0.15, 0.2) is 11.5 Å². The number of benzene rings is 1. The van der Waals surface area contributed by atoms with Crippen molar-refractivity contribution in [3.05, 3.63) is 55.5 Å². The number of pyridine rings is 1. The second-order valence-electron chi connectivity index (χ2n) is 9.55. The first-order chi connectivity index (χ1) is 16.0. The molecule has 0 spiro atoms. The summed E-state index contributed by atoms with van der Waals surface area (Å²) in [7, 11) is 4.08. The summed E-state index contributed by atoms with van der Waals surface area (Å²) in [5.74, 6) is -0.512. The molecule has 0 saturated carbocycles. The molecule has 1 fully saturated rings. The van der Waals surface area contributed by atoms with Crippen molar-refractivity contribution in [2.45, 2.75) is 65.0 Å². The van der Waals surface area contributed by atoms with Crippen LogP contribution in [0, 0.1) is 20.8 Å². The van der Waals surface area contributed by atoms with E-state index in [0.717, 1.165) is 24.1 Å². The maximum Gasteiger partial charge on any atom is 0.274 e. The molecular weight excluding hydrogens is 458 g/mol. The van der Waals surface area contributed by atoms with Crippen LogP contribution in [0.2, 0.25) is 5.02 Å². The Morgan fingerprint density at radius 2 is 1.91 bits per heavy atom. The number of hydrogen-bond acceptors (Lipinski definition) is 6. The number of aryl methyl sites for hydroxylation is 2. The predicted molar refractivity (Wildman–Crippen MR) is 130 cm³/mol. The van der Waals surface area contributed by atoms with Crippen molar-refractivity contribution in [3.63, 3.8) is 0 Å². The average molecular weight is 490 g/mol. The Hall–Kier alpha value is -2.55. The predicted octanol–water partition coefficient (Wildman–Crippen LogP) is 3.48. The van der Waals surface area contributed by atoms with Gasteiger partial charge >= 0.3 is 0 Å². The molecule has 1 amide bonds. The number of aromatic amines is 1. The van der Waals surface area contributed by atoms with Gasteiger partial charge in [0.1, 0.15) is 6.10 Å². The van der Waals surface area contributed by atoms with E-state index in [0.29, 0.717) is 45.9 Å². The highest BCUT2D eigenvalue weighted by molar-refractivity contribution is 6.33. The van der Waals surface area contributed by atoms with E-state index in [9.17, 15) is 9.59 Å². The molecule has 1 saturated heterocycles. The van der Waals surface area contributed by atoms with E-state index in [2.05, 4.69) is 15.2 Å². The number of halogens is 1. The Morgan fingerprint density at radius 1 is 1.21 bits per heavy atom. The van der Waals surface area contributed by atoms with Crippen LogP contribution in [0.15, 0.2) is 16.9 Å². The lowest BCUT2D eigenvalue weighted by Crippen LogP contribution is -2.53. The summed E-state index contributed by atoms with van der Waals surface area (Å²) in [6, 6.07) is 3.81. The van der Waals surface area contributed by atoms with Crippen molar-refractivity contribution < 1.29 is 19.0 Å². The van der Waals surface area contributed by atoms with Crippen molar-refractivity contribution in [2.75, 3.05) is 20.7 Å². The molecule has 9 heteroatoms. The van der Waals surface area contributed by atoms with Crippen LogP contribution in [0.5, 0.6) is 11.5 Å². The van der Waals surface area contributed by atoms with Gasteiger partial charge in [-0.3, -0.25) is 9.59 Å². The molecule has 1 unspecified atom stereocenters. The lowest BCUT2D eigenvalue weighted by Gasteiger charge is -2.38. The number of carbonyl (C=O) groups is 1. The number of hydrogen-bond donors (Lipinski definition) is 2. The molecule has 2 aromatic rings. The summed E-state index contributed by atoms with van der Waals surface area (Å²) in [6.07, 6.45) is 1.48. The quantitative estimate of drug-likeness (QED) is 0.668. The third kappa shape index (κ3) is 4.54. The minimum absolute atomic E-state index is 0.104. The second-order valence-corrected chi connectivity index (χ2v) is 9.96. The molecule has 2 aliphatic heterocycles. The number of nitrogens with one attached hydrogen (secondary N) is 2. The Balaban J connectivity index is 1.52. The topological polar surface area (TPSA) is 92.9 Å². The molecule has 34 heavy (non-hydrogen) atoms. The lowest BCUT2D eigenvalue weighted by atomic mass is 9.99. The standard InChI is InChI=1S/C25H32ClN3O5/c1-13-9-14(2)28-24(31)18(13)11-27-23(30)17-10-19(26)22-21(15(17)3)33-25(4,34-22)20-8-7-16(12-32-20)29(5)6/h9-10,16,20H,7-8,11-12H2,1-6H3,(H,27,30)(H,28,31)/t16-,20+,25?/m1/s1. The average Bonchev–Trinajstić information content (AvgIpc) is 3.15. The van der Waals surface area contributed by atoms with Crippen molar-refractivity contribution in [1.82, 2.24) is 15.2 Å².